The second kappa shape index (κ2) is 11.1. The van der Waals surface area contributed by atoms with E-state index in [1.165, 1.54) is 0 Å². The van der Waals surface area contributed by atoms with Gasteiger partial charge in [0.2, 0.25) is 5.91 Å². The lowest BCUT2D eigenvalue weighted by molar-refractivity contribution is -0.207. The fourth-order valence-corrected chi connectivity index (χ4v) is 10.1. The minimum atomic E-state index is -0.411. The summed E-state index contributed by atoms with van der Waals surface area (Å²) < 4.78 is 0. The van der Waals surface area contributed by atoms with Crippen LogP contribution in [-0.4, -0.2) is 50.7 Å². The maximum atomic E-state index is 12.7. The number of pyridine rings is 1. The van der Waals surface area contributed by atoms with Gasteiger partial charge in [-0.1, -0.05) is 45.0 Å². The van der Waals surface area contributed by atoms with E-state index in [1.54, 1.807) is 6.21 Å². The van der Waals surface area contributed by atoms with Crippen LogP contribution in [0.1, 0.15) is 84.3 Å². The number of carbonyl (C=O) groups excluding carboxylic acids is 1. The molecule has 11 atom stereocenters. The predicted molar refractivity (Wildman–Crippen MR) is 160 cm³/mol. The zero-order valence-electron chi connectivity index (χ0n) is 24.7. The van der Waals surface area contributed by atoms with Gasteiger partial charge < -0.3 is 15.3 Å². The lowest BCUT2D eigenvalue weighted by Crippen LogP contribution is -2.62. The van der Waals surface area contributed by atoms with Gasteiger partial charge in [-0.2, -0.15) is 5.10 Å². The van der Waals surface area contributed by atoms with Gasteiger partial charge in [-0.05, 0) is 110 Å². The molecule has 0 spiro atoms. The van der Waals surface area contributed by atoms with Gasteiger partial charge in [-0.25, -0.2) is 10.4 Å². The van der Waals surface area contributed by atoms with E-state index in [9.17, 15) is 20.1 Å². The molecular weight excluding hydrogens is 514 g/mol. The van der Waals surface area contributed by atoms with Crippen LogP contribution in [0.4, 0.5) is 0 Å². The zero-order chi connectivity index (χ0) is 28.9. The summed E-state index contributed by atoms with van der Waals surface area (Å²) in [7, 11) is 0. The molecule has 2 aromatic rings. The van der Waals surface area contributed by atoms with Crippen LogP contribution < -0.4 is 5.43 Å². The lowest BCUT2D eigenvalue weighted by atomic mass is 9.43. The van der Waals surface area contributed by atoms with Crippen molar-refractivity contribution in [3.8, 4) is 0 Å². The van der Waals surface area contributed by atoms with E-state index in [0.717, 1.165) is 62.3 Å². The van der Waals surface area contributed by atoms with Gasteiger partial charge in [0.15, 0.2) is 0 Å². The average molecular weight is 562 g/mol. The molecule has 0 unspecified atom stereocenters. The number of aliphatic hydroxyl groups excluding tert-OH is 3. The van der Waals surface area contributed by atoms with Gasteiger partial charge in [0.25, 0.3) is 0 Å². The number of nitrogens with one attached hydrogen (secondary N) is 1. The van der Waals surface area contributed by atoms with Gasteiger partial charge in [-0.3, -0.25) is 4.79 Å². The normalized spacial score (nSPS) is 41.0. The van der Waals surface area contributed by atoms with Crippen LogP contribution in [0.15, 0.2) is 41.5 Å². The minimum absolute atomic E-state index is 0.0795. The van der Waals surface area contributed by atoms with E-state index in [0.29, 0.717) is 29.9 Å². The number of benzene rings is 1. The van der Waals surface area contributed by atoms with Crippen molar-refractivity contribution >= 4 is 23.0 Å². The van der Waals surface area contributed by atoms with Crippen LogP contribution in [0, 0.1) is 46.3 Å². The van der Waals surface area contributed by atoms with E-state index >= 15 is 0 Å². The molecule has 1 aromatic heterocycles. The summed E-state index contributed by atoms with van der Waals surface area (Å²) in [4.78, 5) is 17.2. The molecule has 7 nitrogen and oxygen atoms in total. The van der Waals surface area contributed by atoms with Crippen LogP contribution in [0.5, 0.6) is 0 Å². The van der Waals surface area contributed by atoms with E-state index in [-0.39, 0.29) is 46.7 Å². The maximum Gasteiger partial charge on any atom is 0.240 e. The minimum Gasteiger partial charge on any atom is -0.393 e. The first-order valence-corrected chi connectivity index (χ1v) is 15.8. The van der Waals surface area contributed by atoms with Crippen molar-refractivity contribution in [2.75, 3.05) is 0 Å². The van der Waals surface area contributed by atoms with Crippen molar-refractivity contribution in [3.05, 3.63) is 42.1 Å². The summed E-state index contributed by atoms with van der Waals surface area (Å²) in [6.07, 6.45) is 7.82. The number of aliphatic hydroxyl groups is 3. The Morgan fingerprint density at radius 1 is 1.07 bits per heavy atom. The third kappa shape index (κ3) is 5.02. The molecule has 1 heterocycles. The van der Waals surface area contributed by atoms with E-state index in [1.807, 2.05) is 36.4 Å². The maximum absolute atomic E-state index is 12.7. The van der Waals surface area contributed by atoms with Gasteiger partial charge in [0, 0.05) is 11.8 Å². The standard InChI is InChI=1S/C34H47N3O4/c1-20(8-13-31(41)37-35-19-23-10-9-21-6-4-5-7-28(21)36-23)25-11-12-26-32-27(18-30(40)34(25,26)3)33(2)15-14-24(38)16-22(33)17-29(32)39/h4-7,9-10,19-20,22,24-27,29-30,32,38-40H,8,11-18H2,1-3H3,(H,37,41)/b35-19+/t20-,22+,24-,25-,26+,27+,29-,30+,32+,33+,34-/m1/s1. The third-order valence-corrected chi connectivity index (χ3v) is 12.4. The zero-order valence-corrected chi connectivity index (χ0v) is 24.7. The highest BCUT2D eigenvalue weighted by Gasteiger charge is 2.65. The van der Waals surface area contributed by atoms with Gasteiger partial charge in [-0.15, -0.1) is 0 Å². The van der Waals surface area contributed by atoms with Crippen molar-refractivity contribution in [1.29, 1.82) is 0 Å². The Bertz CT molecular complexity index is 1300. The Morgan fingerprint density at radius 3 is 2.71 bits per heavy atom. The topological polar surface area (TPSA) is 115 Å². The van der Waals surface area contributed by atoms with Crippen LogP contribution in [0.25, 0.3) is 10.9 Å². The smallest absolute Gasteiger partial charge is 0.240 e. The highest BCUT2D eigenvalue weighted by atomic mass is 16.3. The highest BCUT2D eigenvalue weighted by Crippen LogP contribution is 2.68. The Hall–Kier alpha value is -2.35. The number of hydrogen-bond acceptors (Lipinski definition) is 6. The molecule has 6 rings (SSSR count). The number of nitrogens with zero attached hydrogens (tertiary/aromatic N) is 2. The predicted octanol–water partition coefficient (Wildman–Crippen LogP) is 5.06. The third-order valence-electron chi connectivity index (χ3n) is 12.4. The molecule has 4 aliphatic carbocycles. The number of hydrogen-bond donors (Lipinski definition) is 4. The highest BCUT2D eigenvalue weighted by molar-refractivity contribution is 5.85. The number of fused-ring (bicyclic) bond motifs is 6. The fourth-order valence-electron chi connectivity index (χ4n) is 10.1. The summed E-state index contributed by atoms with van der Waals surface area (Å²) in [6, 6.07) is 11.8. The summed E-state index contributed by atoms with van der Waals surface area (Å²) >= 11 is 0. The summed E-state index contributed by atoms with van der Waals surface area (Å²) in [6.45, 7) is 6.86. The van der Waals surface area contributed by atoms with E-state index in [4.69, 9.17) is 0 Å². The molecule has 4 fully saturated rings. The van der Waals surface area contributed by atoms with Gasteiger partial charge in [0.05, 0.1) is 35.7 Å². The number of carbonyl (C=O) groups is 1. The Morgan fingerprint density at radius 2 is 1.88 bits per heavy atom. The molecule has 0 radical (unpaired) electrons. The van der Waals surface area contributed by atoms with Crippen LogP contribution in [-0.2, 0) is 4.79 Å². The number of para-hydroxylation sites is 1. The van der Waals surface area contributed by atoms with E-state index < -0.39 is 6.10 Å². The number of amides is 1. The van der Waals surface area contributed by atoms with Crippen molar-refractivity contribution in [2.24, 2.45) is 51.4 Å². The second-order valence-corrected chi connectivity index (χ2v) is 14.3. The average Bonchev–Trinajstić information content (AvgIpc) is 3.31. The largest absolute Gasteiger partial charge is 0.393 e. The van der Waals surface area contributed by atoms with Crippen LogP contribution in [0.2, 0.25) is 0 Å². The van der Waals surface area contributed by atoms with Gasteiger partial charge >= 0.3 is 0 Å². The molecule has 0 saturated heterocycles. The molecule has 0 bridgehead atoms. The van der Waals surface area contributed by atoms with E-state index in [2.05, 4.69) is 36.3 Å². The summed E-state index contributed by atoms with van der Waals surface area (Å²) in [5, 5.41) is 38.8. The Balaban J connectivity index is 1.08. The molecule has 222 valence electrons. The summed E-state index contributed by atoms with van der Waals surface area (Å²) in [5.74, 6) is 1.60. The monoisotopic (exact) mass is 561 g/mol. The fraction of sp³-hybridized carbons (Fsp3) is 0.676. The first kappa shape index (κ1) is 28.8. The second-order valence-electron chi connectivity index (χ2n) is 14.3. The SMILES string of the molecule is C[C@H](CCC(=O)N/N=C/c1ccc2ccccc2n1)[C@H]1CC[C@H]2[C@@H]3[C@H](O)C[C@@H]4C[C@H](O)CC[C@]4(C)[C@H]3C[C@H](O)[C@]12C. The molecule has 7 heteroatoms. The van der Waals surface area contributed by atoms with Crippen molar-refractivity contribution in [3.63, 3.8) is 0 Å². The number of hydrazone groups is 1. The quantitative estimate of drug-likeness (QED) is 0.291. The summed E-state index contributed by atoms with van der Waals surface area (Å²) in [5.41, 5.74) is 4.08. The van der Waals surface area contributed by atoms with Crippen molar-refractivity contribution in [2.45, 2.75) is 96.9 Å². The lowest BCUT2D eigenvalue weighted by Gasteiger charge is -2.63. The molecule has 41 heavy (non-hydrogen) atoms. The molecule has 4 aliphatic rings. The first-order valence-electron chi connectivity index (χ1n) is 15.8. The van der Waals surface area contributed by atoms with Crippen LogP contribution >= 0.6 is 0 Å². The molecule has 0 aliphatic heterocycles. The molecular formula is C34H47N3O4. The molecule has 4 N–H and O–H groups in total. The molecule has 1 amide bonds. The molecule has 4 saturated carbocycles. The van der Waals surface area contributed by atoms with Crippen molar-refractivity contribution < 1.29 is 20.1 Å². The Kier molecular flexibility index (Phi) is 7.75. The first-order chi connectivity index (χ1) is 19.6. The number of aromatic nitrogens is 1. The Labute approximate surface area is 243 Å². The van der Waals surface area contributed by atoms with Gasteiger partial charge in [0.1, 0.15) is 0 Å². The number of rotatable bonds is 6. The molecule has 1 aromatic carbocycles. The van der Waals surface area contributed by atoms with Crippen LogP contribution in [0.3, 0.4) is 0 Å². The van der Waals surface area contributed by atoms with Crippen molar-refractivity contribution in [1.82, 2.24) is 10.4 Å².